The third-order valence-electron chi connectivity index (χ3n) is 19.1. The number of nitrogens with one attached hydrogen (secondary N) is 6. The highest BCUT2D eigenvalue weighted by Gasteiger charge is 2.22. The molecule has 4 aromatic heterocycles. The smallest absolute Gasteiger partial charge is 0.255 e. The molecule has 2 fully saturated rings. The number of benzene rings is 9. The molecule has 598 valence electrons. The SMILES string of the molecule is CCCN=C(N)c1ccc(C(=O)Nc2ccc(Cl)c(-c3ccccn3)c2)cc1.CN1CCN(C(=N)c2ccc(C(=O)Nc3ccc(Cl)c(-c4ccccn4)c3)cc2)CC1.N=C(c1ccc(C(=O)Nc2ccc(Cl)c(-c3ccccn3)c2)cc1)N1CCCC1.NC(=Nc1ccccc1)c1ccc(C(=O)Nc2ccc(Cl)c(-c3ccccn3)c2)cc1. The first kappa shape index (κ1) is 84.8. The Hall–Kier alpha value is -13.5. The number of aliphatic imine (C=N–C) groups is 2. The number of anilines is 4. The number of halogens is 4. The molecule has 119 heavy (non-hydrogen) atoms. The van der Waals surface area contributed by atoms with Crippen LogP contribution in [-0.2, 0) is 0 Å². The first-order valence-corrected chi connectivity index (χ1v) is 39.9. The van der Waals surface area contributed by atoms with Gasteiger partial charge in [0.15, 0.2) is 0 Å². The van der Waals surface area contributed by atoms with Gasteiger partial charge in [0.1, 0.15) is 23.3 Å². The normalized spacial score (nSPS) is 12.6. The van der Waals surface area contributed by atoms with Gasteiger partial charge >= 0.3 is 0 Å². The van der Waals surface area contributed by atoms with Gasteiger partial charge in [-0.3, -0.25) is 54.9 Å². The monoisotopic (exact) mass is 1660 g/mol. The van der Waals surface area contributed by atoms with Crippen molar-refractivity contribution in [2.75, 3.05) is 74.1 Å². The molecule has 2 aliphatic heterocycles. The van der Waals surface area contributed by atoms with Gasteiger partial charge in [0.05, 0.1) is 48.6 Å². The van der Waals surface area contributed by atoms with Crippen molar-refractivity contribution >= 4 is 122 Å². The number of likely N-dealkylation sites (tertiary alicyclic amines) is 1. The van der Waals surface area contributed by atoms with E-state index in [0.717, 1.165) is 132 Å². The van der Waals surface area contributed by atoms with Crippen molar-refractivity contribution in [3.05, 3.63) is 362 Å². The third-order valence-corrected chi connectivity index (χ3v) is 20.5. The average Bonchev–Trinajstić information content (AvgIpc) is 0.986. The van der Waals surface area contributed by atoms with E-state index < -0.39 is 0 Å². The predicted molar refractivity (Wildman–Crippen MR) is 483 cm³/mol. The second-order valence-electron chi connectivity index (χ2n) is 27.5. The minimum atomic E-state index is -0.237. The molecule has 0 saturated carbocycles. The summed E-state index contributed by atoms with van der Waals surface area (Å²) in [7, 11) is 2.09. The quantitative estimate of drug-likeness (QED) is 0.0276. The number of aromatic nitrogens is 4. The van der Waals surface area contributed by atoms with Crippen molar-refractivity contribution in [2.24, 2.45) is 21.5 Å². The number of piperazine rings is 1. The summed E-state index contributed by atoms with van der Waals surface area (Å²) in [5.41, 5.74) is 26.7. The molecule has 2 saturated heterocycles. The van der Waals surface area contributed by atoms with E-state index in [1.165, 1.54) is 0 Å². The topological polar surface area (TPSA) is 302 Å². The van der Waals surface area contributed by atoms with Crippen LogP contribution in [0.15, 0.2) is 308 Å². The van der Waals surface area contributed by atoms with Crippen molar-refractivity contribution in [3.8, 4) is 45.0 Å². The van der Waals surface area contributed by atoms with Crippen LogP contribution < -0.4 is 32.7 Å². The summed E-state index contributed by atoms with van der Waals surface area (Å²) in [6.45, 7) is 8.16. The summed E-state index contributed by atoms with van der Waals surface area (Å²) in [6, 6.07) is 81.6. The van der Waals surface area contributed by atoms with Gasteiger partial charge in [-0.25, -0.2) is 4.99 Å². The molecule has 0 spiro atoms. The number of hydrogen-bond donors (Lipinski definition) is 8. The van der Waals surface area contributed by atoms with Gasteiger partial charge < -0.3 is 47.4 Å². The van der Waals surface area contributed by atoms with Crippen molar-refractivity contribution in [1.82, 2.24) is 34.6 Å². The second kappa shape index (κ2) is 41.8. The number of rotatable bonds is 19. The molecule has 25 heteroatoms. The maximum Gasteiger partial charge on any atom is 0.255 e. The number of pyridine rings is 4. The molecular weight excluding hydrogens is 1570 g/mol. The Kier molecular flexibility index (Phi) is 29.8. The lowest BCUT2D eigenvalue weighted by Crippen LogP contribution is -2.47. The largest absolute Gasteiger partial charge is 0.384 e. The zero-order valence-corrected chi connectivity index (χ0v) is 68.2. The fraction of sp³-hybridized carbons (Fsp3) is 0.128. The van der Waals surface area contributed by atoms with E-state index in [-0.39, 0.29) is 23.6 Å². The molecule has 4 amide bonds. The number of carbonyl (C=O) groups is 4. The van der Waals surface area contributed by atoms with E-state index in [2.05, 4.69) is 72.9 Å². The van der Waals surface area contributed by atoms with Gasteiger partial charge in [-0.1, -0.05) is 144 Å². The van der Waals surface area contributed by atoms with Gasteiger partial charge in [0.2, 0.25) is 0 Å². The summed E-state index contributed by atoms with van der Waals surface area (Å²) < 4.78 is 0. The lowest BCUT2D eigenvalue weighted by atomic mass is 10.1. The third kappa shape index (κ3) is 23.6. The predicted octanol–water partition coefficient (Wildman–Crippen LogP) is 19.8. The maximum absolute atomic E-state index is 12.7. The summed E-state index contributed by atoms with van der Waals surface area (Å²) in [5, 5.41) is 30.7. The number of para-hydroxylation sites is 1. The molecular formula is C94H85Cl4N17O4. The summed E-state index contributed by atoms with van der Waals surface area (Å²) in [5.74, 6) is 1.00. The Balaban J connectivity index is 0.000000146. The van der Waals surface area contributed by atoms with Crippen LogP contribution in [0.4, 0.5) is 28.4 Å². The van der Waals surface area contributed by atoms with Crippen LogP contribution in [-0.4, -0.2) is 134 Å². The maximum atomic E-state index is 12.7. The number of amides is 4. The van der Waals surface area contributed by atoms with Gasteiger partial charge in [-0.15, -0.1) is 0 Å². The van der Waals surface area contributed by atoms with Gasteiger partial charge in [0.25, 0.3) is 23.6 Å². The Morgan fingerprint density at radius 1 is 0.361 bits per heavy atom. The number of amidine groups is 4. The highest BCUT2D eigenvalue weighted by Crippen LogP contribution is 2.34. The number of nitrogens with zero attached hydrogens (tertiary/aromatic N) is 9. The lowest BCUT2D eigenvalue weighted by Gasteiger charge is -2.34. The molecule has 10 N–H and O–H groups in total. The lowest BCUT2D eigenvalue weighted by molar-refractivity contribution is 0.101. The minimum absolute atomic E-state index is 0.210. The number of hydrogen-bond acceptors (Lipinski definition) is 13. The molecule has 0 aliphatic carbocycles. The fourth-order valence-electron chi connectivity index (χ4n) is 12.6. The molecule has 0 radical (unpaired) electrons. The van der Waals surface area contributed by atoms with Gasteiger partial charge in [-0.2, -0.15) is 0 Å². The van der Waals surface area contributed by atoms with Crippen LogP contribution in [0.2, 0.25) is 20.1 Å². The fourth-order valence-corrected chi connectivity index (χ4v) is 13.5. The van der Waals surface area contributed by atoms with E-state index in [1.54, 1.807) is 152 Å². The number of nitrogens with two attached hydrogens (primary N) is 2. The van der Waals surface area contributed by atoms with Gasteiger partial charge in [-0.05, 0) is 208 Å². The van der Waals surface area contributed by atoms with E-state index in [4.69, 9.17) is 68.7 Å². The zero-order valence-electron chi connectivity index (χ0n) is 65.2. The highest BCUT2D eigenvalue weighted by atomic mass is 35.5. The van der Waals surface area contributed by atoms with Crippen LogP contribution in [0.5, 0.6) is 0 Å². The van der Waals surface area contributed by atoms with Crippen molar-refractivity contribution in [2.45, 2.75) is 26.2 Å². The minimum Gasteiger partial charge on any atom is -0.384 e. The molecule has 0 bridgehead atoms. The molecule has 13 aromatic rings. The van der Waals surface area contributed by atoms with Crippen molar-refractivity contribution in [3.63, 3.8) is 0 Å². The number of likely N-dealkylation sites (N-methyl/N-ethyl adjacent to an activating group) is 1. The Morgan fingerprint density at radius 3 is 0.950 bits per heavy atom. The Labute approximate surface area is 710 Å². The molecule has 9 aromatic carbocycles. The molecule has 0 unspecified atom stereocenters. The number of carbonyl (C=O) groups excluding carboxylic acids is 4. The summed E-state index contributed by atoms with van der Waals surface area (Å²) in [4.78, 5) is 83.0. The molecule has 2 aliphatic rings. The molecule has 15 rings (SSSR count). The molecule has 6 heterocycles. The first-order chi connectivity index (χ1) is 57.8. The van der Waals surface area contributed by atoms with Crippen LogP contribution in [0, 0.1) is 10.8 Å². The van der Waals surface area contributed by atoms with Crippen LogP contribution >= 0.6 is 46.4 Å². The average molecular weight is 1660 g/mol. The Bertz CT molecular complexity index is 5730. The van der Waals surface area contributed by atoms with Crippen LogP contribution in [0.3, 0.4) is 0 Å². The summed E-state index contributed by atoms with van der Waals surface area (Å²) in [6.07, 6.45) is 10.0. The highest BCUT2D eigenvalue weighted by molar-refractivity contribution is 6.35. The van der Waals surface area contributed by atoms with Crippen molar-refractivity contribution in [1.29, 1.82) is 10.8 Å². The second-order valence-corrected chi connectivity index (χ2v) is 29.2. The standard InChI is InChI=1S/C25H19ClN4O.C24H24ClN5O.C23H21ClN4O.C22H21ClN4O/c26-22-14-13-20(16-21(22)23-8-4-5-15-28-23)30-25(31)18-11-9-17(10-12-18)24(27)29-19-6-2-1-3-7-19;1-29-12-14-30(15-13-29)23(26)17-5-7-18(8-6-17)24(31)28-19-9-10-21(25)20(16-19)22-4-2-3-11-27-22;24-20-11-10-18(15-19(20)21-5-1-2-12-26-21)27-23(29)17-8-6-16(7-9-17)22(25)28-13-3-4-14-28;1-2-12-26-21(24)15-6-8-16(9-7-15)22(28)27-17-10-11-19(23)18(14-17)20-5-3-4-13-25-20/h1-16H,(H2,27,29)(H,30,31);2-11,16,26H,12-15H2,1H3,(H,28,31);1-2,5-12,15,25H,3-4,13-14H2,(H,27,29);3-11,13-14H,2,12H2,1H3,(H2,24,26)(H,27,28). The first-order valence-electron chi connectivity index (χ1n) is 38.4. The van der Waals surface area contributed by atoms with Crippen molar-refractivity contribution < 1.29 is 19.2 Å². The molecule has 0 atom stereocenters. The zero-order chi connectivity index (χ0) is 83.6. The molecule has 21 nitrogen and oxygen atoms in total. The Morgan fingerprint density at radius 2 is 0.647 bits per heavy atom. The van der Waals surface area contributed by atoms with Crippen LogP contribution in [0.1, 0.15) is 89.9 Å². The van der Waals surface area contributed by atoms with Crippen LogP contribution in [0.25, 0.3) is 45.0 Å². The van der Waals surface area contributed by atoms with E-state index in [9.17, 15) is 19.2 Å². The van der Waals surface area contributed by atoms with E-state index >= 15 is 0 Å². The van der Waals surface area contributed by atoms with E-state index in [0.29, 0.717) is 95.0 Å². The van der Waals surface area contributed by atoms with Gasteiger partial charge in [0, 0.05) is 160 Å². The summed E-state index contributed by atoms with van der Waals surface area (Å²) >= 11 is 25.2. The van der Waals surface area contributed by atoms with E-state index in [1.807, 2.05) is 153 Å².